The van der Waals surface area contributed by atoms with Crippen molar-refractivity contribution in [1.29, 1.82) is 0 Å². The minimum Gasteiger partial charge on any atom is -0.478 e. The Morgan fingerprint density at radius 1 is 1.37 bits per heavy atom. The molecule has 1 saturated heterocycles. The molecule has 0 spiro atoms. The first-order chi connectivity index (χ1) is 8.87. The van der Waals surface area contributed by atoms with Crippen LogP contribution in [0.1, 0.15) is 16.8 Å². The van der Waals surface area contributed by atoms with Crippen LogP contribution in [0.15, 0.2) is 18.5 Å². The molecule has 0 bridgehead atoms. The van der Waals surface area contributed by atoms with Gasteiger partial charge in [0.25, 0.3) is 0 Å². The van der Waals surface area contributed by atoms with E-state index < -0.39 is 27.6 Å². The summed E-state index contributed by atoms with van der Waals surface area (Å²) in [5.74, 6) is -2.31. The normalized spacial score (nSPS) is 20.9. The first kappa shape index (κ1) is 13.5. The van der Waals surface area contributed by atoms with Crippen LogP contribution in [-0.4, -0.2) is 41.9 Å². The molecule has 1 aromatic rings. The number of carbonyl (C=O) groups excluding carboxylic acids is 1. The molecule has 1 unspecified atom stereocenters. The zero-order valence-corrected chi connectivity index (χ0v) is 10.7. The molecule has 1 fully saturated rings. The van der Waals surface area contributed by atoms with Crippen LogP contribution < -0.4 is 5.32 Å². The molecule has 0 radical (unpaired) electrons. The number of hydrogen-bond donors (Lipinski definition) is 2. The summed E-state index contributed by atoms with van der Waals surface area (Å²) in [6.07, 6.45) is 2.77. The molecular formula is C11H12N2O5S. The monoisotopic (exact) mass is 284 g/mol. The number of pyridine rings is 1. The van der Waals surface area contributed by atoms with E-state index in [4.69, 9.17) is 5.11 Å². The molecule has 2 heterocycles. The van der Waals surface area contributed by atoms with Gasteiger partial charge < -0.3 is 10.4 Å². The quantitative estimate of drug-likeness (QED) is 0.817. The molecule has 102 valence electrons. The van der Waals surface area contributed by atoms with Crippen LogP contribution in [0, 0.1) is 5.92 Å². The Balaban J connectivity index is 2.07. The summed E-state index contributed by atoms with van der Waals surface area (Å²) in [4.78, 5) is 26.3. The molecule has 2 rings (SSSR count). The predicted molar refractivity (Wildman–Crippen MR) is 66.6 cm³/mol. The van der Waals surface area contributed by atoms with Crippen LogP contribution in [0.4, 0.5) is 5.69 Å². The molecule has 0 aliphatic carbocycles. The van der Waals surface area contributed by atoms with E-state index in [1.54, 1.807) is 0 Å². The van der Waals surface area contributed by atoms with Crippen LogP contribution in [0.25, 0.3) is 0 Å². The summed E-state index contributed by atoms with van der Waals surface area (Å²) in [6.45, 7) is 0. The van der Waals surface area contributed by atoms with Gasteiger partial charge in [-0.1, -0.05) is 0 Å². The van der Waals surface area contributed by atoms with Crippen molar-refractivity contribution in [3.63, 3.8) is 0 Å². The number of amides is 1. The van der Waals surface area contributed by atoms with E-state index in [-0.39, 0.29) is 22.8 Å². The minimum absolute atomic E-state index is 0.0124. The lowest BCUT2D eigenvalue weighted by Gasteiger charge is -2.09. The molecule has 1 atom stereocenters. The average molecular weight is 284 g/mol. The average Bonchev–Trinajstić information content (AvgIpc) is 2.70. The van der Waals surface area contributed by atoms with Gasteiger partial charge in [0.2, 0.25) is 5.91 Å². The molecule has 1 aliphatic rings. The highest BCUT2D eigenvalue weighted by Gasteiger charge is 2.32. The van der Waals surface area contributed by atoms with E-state index in [0.717, 1.165) is 6.20 Å². The van der Waals surface area contributed by atoms with Gasteiger partial charge >= 0.3 is 5.97 Å². The van der Waals surface area contributed by atoms with E-state index in [1.807, 2.05) is 0 Å². The maximum Gasteiger partial charge on any atom is 0.337 e. The first-order valence-electron chi connectivity index (χ1n) is 5.57. The van der Waals surface area contributed by atoms with E-state index in [9.17, 15) is 18.0 Å². The molecule has 1 amide bonds. The van der Waals surface area contributed by atoms with Crippen molar-refractivity contribution < 1.29 is 23.1 Å². The fourth-order valence-electron chi connectivity index (χ4n) is 1.87. The fraction of sp³-hybridized carbons (Fsp3) is 0.364. The topological polar surface area (TPSA) is 113 Å². The van der Waals surface area contributed by atoms with Gasteiger partial charge in [0, 0.05) is 6.20 Å². The summed E-state index contributed by atoms with van der Waals surface area (Å²) >= 11 is 0. The van der Waals surface area contributed by atoms with E-state index in [2.05, 4.69) is 10.3 Å². The lowest BCUT2D eigenvalue weighted by molar-refractivity contribution is -0.119. The second kappa shape index (κ2) is 4.96. The highest BCUT2D eigenvalue weighted by Crippen LogP contribution is 2.20. The Bertz CT molecular complexity index is 626. The van der Waals surface area contributed by atoms with Crippen molar-refractivity contribution >= 4 is 27.4 Å². The van der Waals surface area contributed by atoms with Crippen LogP contribution in [0.2, 0.25) is 0 Å². The van der Waals surface area contributed by atoms with Crippen molar-refractivity contribution in [2.45, 2.75) is 6.42 Å². The smallest absolute Gasteiger partial charge is 0.337 e. The van der Waals surface area contributed by atoms with Crippen molar-refractivity contribution in [2.24, 2.45) is 5.92 Å². The molecular weight excluding hydrogens is 272 g/mol. The largest absolute Gasteiger partial charge is 0.478 e. The van der Waals surface area contributed by atoms with Gasteiger partial charge in [0.15, 0.2) is 9.84 Å². The maximum atomic E-state index is 11.8. The predicted octanol–water partition coefficient (Wildman–Crippen LogP) is 0.153. The zero-order chi connectivity index (χ0) is 14.0. The molecule has 19 heavy (non-hydrogen) atoms. The number of carbonyl (C=O) groups is 2. The van der Waals surface area contributed by atoms with Gasteiger partial charge in [-0.2, -0.15) is 0 Å². The van der Waals surface area contributed by atoms with E-state index in [1.165, 1.54) is 12.3 Å². The molecule has 1 aliphatic heterocycles. The lowest BCUT2D eigenvalue weighted by atomic mass is 10.1. The molecule has 7 nitrogen and oxygen atoms in total. The zero-order valence-electron chi connectivity index (χ0n) is 9.87. The van der Waals surface area contributed by atoms with Crippen LogP contribution in [-0.2, 0) is 14.6 Å². The number of nitrogens with zero attached hydrogens (tertiary/aromatic N) is 1. The SMILES string of the molecule is O=C(O)c1cncc(NC(=O)C2CCS(=O)(=O)C2)c1. The Labute approximate surface area is 109 Å². The Hall–Kier alpha value is -1.96. The molecule has 0 aromatic carbocycles. The summed E-state index contributed by atoms with van der Waals surface area (Å²) in [5, 5.41) is 11.3. The van der Waals surface area contributed by atoms with Crippen molar-refractivity contribution in [2.75, 3.05) is 16.8 Å². The van der Waals surface area contributed by atoms with Gasteiger partial charge in [-0.05, 0) is 12.5 Å². The standard InChI is InChI=1S/C11H12N2O5S/c14-10(7-1-2-19(17,18)6-7)13-9-3-8(11(15)16)4-12-5-9/h3-5,7H,1-2,6H2,(H,13,14)(H,15,16). The molecule has 0 saturated carbocycles. The number of sulfone groups is 1. The Morgan fingerprint density at radius 3 is 2.68 bits per heavy atom. The van der Waals surface area contributed by atoms with Gasteiger partial charge in [-0.25, -0.2) is 13.2 Å². The number of aromatic nitrogens is 1. The van der Waals surface area contributed by atoms with E-state index >= 15 is 0 Å². The maximum absolute atomic E-state index is 11.8. The summed E-state index contributed by atoms with van der Waals surface area (Å²) in [5.41, 5.74) is 0.200. The number of hydrogen-bond acceptors (Lipinski definition) is 5. The van der Waals surface area contributed by atoms with Gasteiger partial charge in [0.1, 0.15) is 0 Å². The summed E-state index contributed by atoms with van der Waals surface area (Å²) in [7, 11) is -3.12. The number of carboxylic acids is 1. The van der Waals surface area contributed by atoms with Crippen molar-refractivity contribution in [3.8, 4) is 0 Å². The summed E-state index contributed by atoms with van der Waals surface area (Å²) < 4.78 is 22.5. The highest BCUT2D eigenvalue weighted by atomic mass is 32.2. The number of anilines is 1. The number of carboxylic acid groups (broad SMARTS) is 1. The first-order valence-corrected chi connectivity index (χ1v) is 7.39. The van der Waals surface area contributed by atoms with Gasteiger partial charge in [-0.3, -0.25) is 9.78 Å². The number of aromatic carboxylic acids is 1. The molecule has 2 N–H and O–H groups in total. The third kappa shape index (κ3) is 3.28. The lowest BCUT2D eigenvalue weighted by Crippen LogP contribution is -2.23. The van der Waals surface area contributed by atoms with Gasteiger partial charge in [0.05, 0.1) is 34.9 Å². The van der Waals surface area contributed by atoms with Gasteiger partial charge in [-0.15, -0.1) is 0 Å². The van der Waals surface area contributed by atoms with Crippen molar-refractivity contribution in [1.82, 2.24) is 4.98 Å². The second-order valence-corrected chi connectivity index (χ2v) is 6.59. The molecule has 8 heteroatoms. The Kier molecular flexibility index (Phi) is 3.52. The third-order valence-electron chi connectivity index (χ3n) is 2.86. The Morgan fingerprint density at radius 2 is 2.11 bits per heavy atom. The fourth-order valence-corrected chi connectivity index (χ4v) is 3.61. The van der Waals surface area contributed by atoms with Crippen LogP contribution in [0.3, 0.4) is 0 Å². The number of nitrogens with one attached hydrogen (secondary N) is 1. The van der Waals surface area contributed by atoms with Crippen LogP contribution in [0.5, 0.6) is 0 Å². The summed E-state index contributed by atoms with van der Waals surface area (Å²) in [6, 6.07) is 1.27. The highest BCUT2D eigenvalue weighted by molar-refractivity contribution is 7.91. The number of rotatable bonds is 3. The van der Waals surface area contributed by atoms with Crippen molar-refractivity contribution in [3.05, 3.63) is 24.0 Å². The van der Waals surface area contributed by atoms with E-state index in [0.29, 0.717) is 6.42 Å². The second-order valence-electron chi connectivity index (χ2n) is 4.36. The molecule has 1 aromatic heterocycles. The third-order valence-corrected chi connectivity index (χ3v) is 4.62. The van der Waals surface area contributed by atoms with Crippen LogP contribution >= 0.6 is 0 Å². The minimum atomic E-state index is -3.12.